The van der Waals surface area contributed by atoms with E-state index in [1.807, 2.05) is 6.07 Å². The molecule has 7 heteroatoms. The van der Waals surface area contributed by atoms with Crippen LogP contribution in [-0.2, 0) is 9.47 Å². The van der Waals surface area contributed by atoms with Gasteiger partial charge in [-0.2, -0.15) is 0 Å². The summed E-state index contributed by atoms with van der Waals surface area (Å²) in [6.07, 6.45) is 5.42. The summed E-state index contributed by atoms with van der Waals surface area (Å²) in [6, 6.07) is 1.91. The maximum absolute atomic E-state index is 6.21. The summed E-state index contributed by atoms with van der Waals surface area (Å²) in [5.41, 5.74) is 0. The second-order valence-electron chi connectivity index (χ2n) is 6.98. The zero-order chi connectivity index (χ0) is 16.4. The number of methoxy groups -OCH3 is 1. The molecule has 0 amide bonds. The van der Waals surface area contributed by atoms with Crippen molar-refractivity contribution in [3.63, 3.8) is 0 Å². The lowest BCUT2D eigenvalue weighted by atomic mass is 9.93. The van der Waals surface area contributed by atoms with Gasteiger partial charge >= 0.3 is 0 Å². The Morgan fingerprint density at radius 2 is 2.17 bits per heavy atom. The Morgan fingerprint density at radius 1 is 1.33 bits per heavy atom. The van der Waals surface area contributed by atoms with Crippen molar-refractivity contribution >= 4 is 17.6 Å². The van der Waals surface area contributed by atoms with E-state index < -0.39 is 0 Å². The Balaban J connectivity index is 1.25. The number of ether oxygens (including phenoxy) is 3. The predicted molar refractivity (Wildman–Crippen MR) is 93.9 cm³/mol. The van der Waals surface area contributed by atoms with Crippen LogP contribution in [-0.4, -0.2) is 66.6 Å². The van der Waals surface area contributed by atoms with Crippen LogP contribution in [0.3, 0.4) is 0 Å². The van der Waals surface area contributed by atoms with Gasteiger partial charge in [-0.05, 0) is 25.2 Å². The quantitative estimate of drug-likeness (QED) is 0.804. The van der Waals surface area contributed by atoms with Crippen molar-refractivity contribution in [3.05, 3.63) is 12.4 Å². The number of hydrogen-bond donors (Lipinski definition) is 0. The third-order valence-electron chi connectivity index (χ3n) is 5.20. The molecule has 0 unspecified atom stereocenters. The van der Waals surface area contributed by atoms with Crippen LogP contribution in [0.1, 0.15) is 19.3 Å². The van der Waals surface area contributed by atoms with Gasteiger partial charge in [0.05, 0.1) is 18.0 Å². The van der Waals surface area contributed by atoms with Gasteiger partial charge in [-0.25, -0.2) is 9.97 Å². The fraction of sp³-hybridized carbons (Fsp3) is 0.765. The van der Waals surface area contributed by atoms with Crippen molar-refractivity contribution in [1.29, 1.82) is 0 Å². The molecular formula is C17H25N3O3S. The highest BCUT2D eigenvalue weighted by molar-refractivity contribution is 8.01. The Labute approximate surface area is 147 Å². The van der Waals surface area contributed by atoms with E-state index in [2.05, 4.69) is 26.6 Å². The highest BCUT2D eigenvalue weighted by Crippen LogP contribution is 2.47. The smallest absolute Gasteiger partial charge is 0.218 e. The van der Waals surface area contributed by atoms with Crippen LogP contribution in [0, 0.1) is 5.92 Å². The van der Waals surface area contributed by atoms with Crippen molar-refractivity contribution in [2.75, 3.05) is 50.7 Å². The zero-order valence-corrected chi connectivity index (χ0v) is 15.0. The van der Waals surface area contributed by atoms with Crippen molar-refractivity contribution in [2.45, 2.75) is 30.1 Å². The molecule has 0 aromatic carbocycles. The summed E-state index contributed by atoms with van der Waals surface area (Å²) in [7, 11) is 1.64. The largest absolute Gasteiger partial charge is 0.481 e. The maximum atomic E-state index is 6.21. The highest BCUT2D eigenvalue weighted by Gasteiger charge is 2.50. The third-order valence-corrected chi connectivity index (χ3v) is 6.78. The lowest BCUT2D eigenvalue weighted by molar-refractivity contribution is -0.00651. The van der Waals surface area contributed by atoms with Crippen LogP contribution in [0.2, 0.25) is 0 Å². The van der Waals surface area contributed by atoms with Crippen molar-refractivity contribution in [2.24, 2.45) is 5.92 Å². The topological polar surface area (TPSA) is 56.7 Å². The van der Waals surface area contributed by atoms with Gasteiger partial charge in [-0.3, -0.25) is 0 Å². The molecule has 3 aliphatic heterocycles. The highest BCUT2D eigenvalue weighted by atomic mass is 32.2. The van der Waals surface area contributed by atoms with E-state index in [1.54, 1.807) is 13.4 Å². The molecule has 0 N–H and O–H groups in total. The van der Waals surface area contributed by atoms with Crippen molar-refractivity contribution < 1.29 is 14.2 Å². The van der Waals surface area contributed by atoms with E-state index in [-0.39, 0.29) is 0 Å². The fourth-order valence-corrected chi connectivity index (χ4v) is 5.29. The van der Waals surface area contributed by atoms with Crippen LogP contribution in [0.25, 0.3) is 0 Å². The average Bonchev–Trinajstić information content (AvgIpc) is 3.04. The SMILES string of the molecule is COc1cc(N2CC3(C[C@@H](OCC4CCOCC4)CS3)C2)ncn1. The van der Waals surface area contributed by atoms with Crippen molar-refractivity contribution in [1.82, 2.24) is 9.97 Å². The first-order valence-electron chi connectivity index (χ1n) is 8.71. The van der Waals surface area contributed by atoms with Crippen LogP contribution in [0.4, 0.5) is 5.82 Å². The fourth-order valence-electron chi connectivity index (χ4n) is 3.74. The summed E-state index contributed by atoms with van der Waals surface area (Å²) in [4.78, 5) is 10.7. The molecule has 3 saturated heterocycles. The van der Waals surface area contributed by atoms with Gasteiger partial charge < -0.3 is 19.1 Å². The first-order valence-corrected chi connectivity index (χ1v) is 9.69. The first kappa shape index (κ1) is 16.4. The van der Waals surface area contributed by atoms with Gasteiger partial charge in [0.2, 0.25) is 5.88 Å². The lowest BCUT2D eigenvalue weighted by Crippen LogP contribution is -2.59. The van der Waals surface area contributed by atoms with Gasteiger partial charge in [-0.15, -0.1) is 11.8 Å². The van der Waals surface area contributed by atoms with Gasteiger partial charge in [0.15, 0.2) is 0 Å². The summed E-state index contributed by atoms with van der Waals surface area (Å²) in [5, 5.41) is 0. The normalized spacial score (nSPS) is 26.5. The molecular weight excluding hydrogens is 326 g/mol. The van der Waals surface area contributed by atoms with Gasteiger partial charge in [-0.1, -0.05) is 0 Å². The Morgan fingerprint density at radius 3 is 2.96 bits per heavy atom. The van der Waals surface area contributed by atoms with E-state index in [0.29, 0.717) is 22.6 Å². The van der Waals surface area contributed by atoms with Gasteiger partial charge in [0.1, 0.15) is 12.1 Å². The van der Waals surface area contributed by atoms with Crippen LogP contribution in [0.15, 0.2) is 12.4 Å². The maximum Gasteiger partial charge on any atom is 0.218 e. The van der Waals surface area contributed by atoms with Gasteiger partial charge in [0.25, 0.3) is 0 Å². The Hall–Kier alpha value is -1.05. The molecule has 6 nitrogen and oxygen atoms in total. The summed E-state index contributed by atoms with van der Waals surface area (Å²) in [6.45, 7) is 4.77. The molecule has 3 aliphatic rings. The molecule has 4 rings (SSSR count). The van der Waals surface area contributed by atoms with Crippen LogP contribution < -0.4 is 9.64 Å². The number of hydrogen-bond acceptors (Lipinski definition) is 7. The molecule has 1 atom stereocenters. The van der Waals surface area contributed by atoms with Crippen LogP contribution in [0.5, 0.6) is 5.88 Å². The molecule has 132 valence electrons. The molecule has 0 aliphatic carbocycles. The second-order valence-corrected chi connectivity index (χ2v) is 8.47. The molecule has 4 heterocycles. The molecule has 1 aromatic rings. The molecule has 0 radical (unpaired) electrons. The number of nitrogens with zero attached hydrogens (tertiary/aromatic N) is 3. The number of thioether (sulfide) groups is 1. The third kappa shape index (κ3) is 3.48. The summed E-state index contributed by atoms with van der Waals surface area (Å²) < 4.78 is 17.2. The average molecular weight is 351 g/mol. The molecule has 0 saturated carbocycles. The van der Waals surface area contributed by atoms with E-state index in [9.17, 15) is 0 Å². The predicted octanol–water partition coefficient (Wildman–Crippen LogP) is 1.99. The van der Waals surface area contributed by atoms with E-state index >= 15 is 0 Å². The van der Waals surface area contributed by atoms with E-state index in [4.69, 9.17) is 14.2 Å². The Bertz CT molecular complexity index is 562. The monoisotopic (exact) mass is 351 g/mol. The zero-order valence-electron chi connectivity index (χ0n) is 14.1. The van der Waals surface area contributed by atoms with E-state index in [0.717, 1.165) is 63.7 Å². The second kappa shape index (κ2) is 7.06. The summed E-state index contributed by atoms with van der Waals surface area (Å²) >= 11 is 2.07. The minimum atomic E-state index is 0.346. The number of aromatic nitrogens is 2. The summed E-state index contributed by atoms with van der Waals surface area (Å²) in [5.74, 6) is 3.38. The molecule has 3 fully saturated rings. The molecule has 24 heavy (non-hydrogen) atoms. The van der Waals surface area contributed by atoms with Crippen molar-refractivity contribution in [3.8, 4) is 5.88 Å². The Kier molecular flexibility index (Phi) is 4.83. The molecule has 1 aromatic heterocycles. The minimum Gasteiger partial charge on any atom is -0.481 e. The van der Waals surface area contributed by atoms with Crippen LogP contribution >= 0.6 is 11.8 Å². The molecule has 1 spiro atoms. The standard InChI is InChI=1S/C17H25N3O3S/c1-21-16-6-15(18-12-19-16)20-10-17(11-20)7-14(9-24-17)23-8-13-2-4-22-5-3-13/h6,12-14H,2-5,7-11H2,1H3/t14-/m1/s1. The molecule has 0 bridgehead atoms. The van der Waals surface area contributed by atoms with Gasteiger partial charge in [0, 0.05) is 44.7 Å². The minimum absolute atomic E-state index is 0.346. The number of anilines is 1. The van der Waals surface area contributed by atoms with E-state index in [1.165, 1.54) is 0 Å². The first-order chi connectivity index (χ1) is 11.8. The number of rotatable bonds is 5. The lowest BCUT2D eigenvalue weighted by Gasteiger charge is -2.48.